The van der Waals surface area contributed by atoms with Crippen LogP contribution in [0, 0.1) is 10.8 Å². The Morgan fingerprint density at radius 3 is 0.778 bits per heavy atom. The minimum atomic E-state index is 0.339. The first-order valence-electron chi connectivity index (χ1n) is 17.7. The molecular weight excluding hydrogens is 540 g/mol. The van der Waals surface area contributed by atoms with Crippen molar-refractivity contribution in [1.29, 1.82) is 0 Å². The quantitative estimate of drug-likeness (QED) is 0.189. The van der Waals surface area contributed by atoms with E-state index < -0.39 is 0 Å². The van der Waals surface area contributed by atoms with E-state index in [0.29, 0.717) is 21.7 Å². The molecule has 0 heterocycles. The van der Waals surface area contributed by atoms with Gasteiger partial charge in [0, 0.05) is 10.8 Å². The second-order valence-electron chi connectivity index (χ2n) is 17.1. The van der Waals surface area contributed by atoms with E-state index in [4.69, 9.17) is 0 Å². The molecule has 2 fully saturated rings. The largest absolute Gasteiger partial charge is 0.0619 e. The van der Waals surface area contributed by atoms with Crippen LogP contribution in [0.3, 0.4) is 0 Å². The molecule has 0 N–H and O–H groups in total. The van der Waals surface area contributed by atoms with Crippen LogP contribution in [0.5, 0.6) is 0 Å². The average Bonchev–Trinajstić information content (AvgIpc) is 3.68. The van der Waals surface area contributed by atoms with Crippen molar-refractivity contribution in [3.05, 3.63) is 119 Å². The summed E-state index contributed by atoms with van der Waals surface area (Å²) >= 11 is 0. The first-order valence-corrected chi connectivity index (χ1v) is 17.7. The van der Waals surface area contributed by atoms with E-state index in [9.17, 15) is 0 Å². The van der Waals surface area contributed by atoms with Gasteiger partial charge in [-0.25, -0.2) is 0 Å². The Morgan fingerprint density at radius 2 is 0.533 bits per heavy atom. The molecule has 0 atom stereocenters. The molecule has 238 valence electrons. The molecule has 0 aliphatic heterocycles. The first kappa shape index (κ1) is 33.2. The lowest BCUT2D eigenvalue weighted by molar-refractivity contribution is 0.353. The van der Waals surface area contributed by atoms with Crippen LogP contribution in [-0.4, -0.2) is 0 Å². The molecule has 0 bridgehead atoms. The summed E-state index contributed by atoms with van der Waals surface area (Å²) in [7, 11) is 0. The van der Waals surface area contributed by atoms with Crippen LogP contribution < -0.4 is 0 Å². The third kappa shape index (κ3) is 7.32. The van der Waals surface area contributed by atoms with Crippen molar-refractivity contribution in [3.8, 4) is 22.3 Å². The highest BCUT2D eigenvalue weighted by atomic mass is 14.5. The van der Waals surface area contributed by atoms with Gasteiger partial charge in [0.25, 0.3) is 0 Å². The molecule has 0 heteroatoms. The van der Waals surface area contributed by atoms with Gasteiger partial charge in [-0.1, -0.05) is 185 Å². The summed E-state index contributed by atoms with van der Waals surface area (Å²) in [6.45, 7) is 17.5. The predicted molar refractivity (Wildman–Crippen MR) is 197 cm³/mol. The summed E-state index contributed by atoms with van der Waals surface area (Å²) in [4.78, 5) is 0. The van der Waals surface area contributed by atoms with E-state index in [2.05, 4.69) is 152 Å². The van der Waals surface area contributed by atoms with Crippen molar-refractivity contribution in [2.45, 2.75) is 124 Å². The van der Waals surface area contributed by atoms with E-state index in [-0.39, 0.29) is 0 Å². The zero-order valence-electron chi connectivity index (χ0n) is 29.6. The molecule has 2 spiro atoms. The van der Waals surface area contributed by atoms with Crippen molar-refractivity contribution in [3.63, 3.8) is 0 Å². The Balaban J connectivity index is 0.000000138. The van der Waals surface area contributed by atoms with Gasteiger partial charge in [0.2, 0.25) is 0 Å². The van der Waals surface area contributed by atoms with Crippen LogP contribution in [0.25, 0.3) is 22.3 Å². The van der Waals surface area contributed by atoms with Gasteiger partial charge in [0.15, 0.2) is 0 Å². The summed E-state index contributed by atoms with van der Waals surface area (Å²) in [6, 6.07) is 36.1. The van der Waals surface area contributed by atoms with Gasteiger partial charge in [0.1, 0.15) is 0 Å². The third-order valence-electron chi connectivity index (χ3n) is 9.52. The topological polar surface area (TPSA) is 0 Å². The molecule has 4 aliphatic rings. The third-order valence-corrected chi connectivity index (χ3v) is 9.52. The Kier molecular flexibility index (Phi) is 9.84. The van der Waals surface area contributed by atoms with Crippen LogP contribution in [0.15, 0.2) is 97.1 Å². The normalized spacial score (nSPS) is 17.8. The zero-order chi connectivity index (χ0) is 32.3. The maximum absolute atomic E-state index is 2.36. The maximum Gasteiger partial charge on any atom is 0.0215 e. The number of benzene rings is 4. The monoisotopic (exact) mass is 598 g/mol. The van der Waals surface area contributed by atoms with Crippen molar-refractivity contribution in [1.82, 2.24) is 0 Å². The highest BCUT2D eigenvalue weighted by Gasteiger charge is 2.45. The van der Waals surface area contributed by atoms with Gasteiger partial charge >= 0.3 is 0 Å². The van der Waals surface area contributed by atoms with Gasteiger partial charge in [-0.2, -0.15) is 0 Å². The molecule has 0 nitrogen and oxygen atoms in total. The maximum atomic E-state index is 2.36. The molecule has 8 rings (SSSR count). The Labute approximate surface area is 275 Å². The highest BCUT2D eigenvalue weighted by Crippen LogP contribution is 2.57. The Morgan fingerprint density at radius 1 is 0.333 bits per heavy atom. The molecule has 4 aromatic rings. The number of rotatable bonds is 0. The summed E-state index contributed by atoms with van der Waals surface area (Å²) in [5.41, 5.74) is 14.0. The fraction of sp³-hybridized carbons (Fsp3) is 0.467. The molecule has 0 amide bonds. The zero-order valence-corrected chi connectivity index (χ0v) is 29.6. The smallest absolute Gasteiger partial charge is 0.0215 e. The van der Waals surface area contributed by atoms with Crippen molar-refractivity contribution in [2.75, 3.05) is 0 Å². The standard InChI is InChI=1S/C18H18.C17H16.2C5H12/c1-6-12-18(13-7-1)16-10-4-2-8-14(16)15-9-3-5-11-17(15)18;1-3-9-15-13(7-1)14-8-2-4-10-16(14)17(15)11-5-6-12-17;2*1-5(2,3)4/h2-5,8-11H,1,6-7,12-13H2;1-4,7-10H,5-6,11-12H2;2*1-4H3. The van der Waals surface area contributed by atoms with Crippen molar-refractivity contribution >= 4 is 0 Å². The van der Waals surface area contributed by atoms with E-state index in [0.717, 1.165) is 0 Å². The van der Waals surface area contributed by atoms with Gasteiger partial charge in [-0.3, -0.25) is 0 Å². The molecule has 45 heavy (non-hydrogen) atoms. The number of hydrogen-bond donors (Lipinski definition) is 0. The van der Waals surface area contributed by atoms with Crippen LogP contribution in [0.2, 0.25) is 0 Å². The van der Waals surface area contributed by atoms with Crippen LogP contribution in [0.1, 0.15) is 135 Å². The molecule has 4 aliphatic carbocycles. The highest BCUT2D eigenvalue weighted by molar-refractivity contribution is 5.82. The van der Waals surface area contributed by atoms with Crippen molar-refractivity contribution < 1.29 is 0 Å². The molecule has 0 radical (unpaired) electrons. The fourth-order valence-corrected chi connectivity index (χ4v) is 8.04. The van der Waals surface area contributed by atoms with Crippen molar-refractivity contribution in [2.24, 2.45) is 10.8 Å². The van der Waals surface area contributed by atoms with E-state index in [1.165, 1.54) is 80.0 Å². The summed E-state index contributed by atoms with van der Waals surface area (Å²) in [6.07, 6.45) is 12.3. The van der Waals surface area contributed by atoms with Crippen LogP contribution in [-0.2, 0) is 10.8 Å². The molecule has 0 unspecified atom stereocenters. The number of hydrogen-bond acceptors (Lipinski definition) is 0. The van der Waals surface area contributed by atoms with Crippen LogP contribution >= 0.6 is 0 Å². The SMILES string of the molecule is CC(C)(C)C.CC(C)(C)C.c1ccc2c(c1)-c1ccccc1C21CCCC1.c1ccc2c(c1)-c1ccccc1C21CCCCC1. The lowest BCUT2D eigenvalue weighted by Crippen LogP contribution is -2.27. The lowest BCUT2D eigenvalue weighted by Gasteiger charge is -2.35. The molecule has 2 saturated carbocycles. The second-order valence-corrected chi connectivity index (χ2v) is 17.1. The Bertz CT molecular complexity index is 1440. The second kappa shape index (κ2) is 13.3. The molecular formula is C45H58. The van der Waals surface area contributed by atoms with Gasteiger partial charge < -0.3 is 0 Å². The van der Waals surface area contributed by atoms with Gasteiger partial charge in [-0.15, -0.1) is 0 Å². The number of fused-ring (bicyclic) bond motifs is 10. The van der Waals surface area contributed by atoms with E-state index in [1.807, 2.05) is 0 Å². The fourth-order valence-electron chi connectivity index (χ4n) is 8.04. The van der Waals surface area contributed by atoms with Crippen LogP contribution in [0.4, 0.5) is 0 Å². The summed E-state index contributed by atoms with van der Waals surface area (Å²) in [5, 5.41) is 0. The first-order chi connectivity index (χ1) is 21.3. The predicted octanol–water partition coefficient (Wildman–Crippen LogP) is 13.5. The Hall–Kier alpha value is -3.12. The lowest BCUT2D eigenvalue weighted by atomic mass is 9.68. The van der Waals surface area contributed by atoms with E-state index >= 15 is 0 Å². The minimum absolute atomic E-state index is 0.339. The molecule has 0 saturated heterocycles. The summed E-state index contributed by atoms with van der Waals surface area (Å²) in [5.74, 6) is 0. The van der Waals surface area contributed by atoms with Gasteiger partial charge in [0.05, 0.1) is 0 Å². The van der Waals surface area contributed by atoms with E-state index in [1.54, 1.807) is 22.3 Å². The summed E-state index contributed by atoms with van der Waals surface area (Å²) < 4.78 is 0. The molecule has 0 aromatic heterocycles. The average molecular weight is 599 g/mol. The minimum Gasteiger partial charge on any atom is -0.0619 e. The van der Waals surface area contributed by atoms with Gasteiger partial charge in [-0.05, 0) is 81.0 Å². The molecule has 4 aromatic carbocycles.